The van der Waals surface area contributed by atoms with Gasteiger partial charge in [-0.1, -0.05) is 66.7 Å². The van der Waals surface area contributed by atoms with Gasteiger partial charge in [0.05, 0.1) is 6.54 Å². The molecule has 0 saturated heterocycles. The molecule has 1 fully saturated rings. The molecule has 0 spiro atoms. The molecule has 2 aromatic rings. The second kappa shape index (κ2) is 13.4. The fourth-order valence-corrected chi connectivity index (χ4v) is 4.93. The summed E-state index contributed by atoms with van der Waals surface area (Å²) in [4.78, 5) is 26.8. The van der Waals surface area contributed by atoms with Gasteiger partial charge in [0.2, 0.25) is 5.91 Å². The van der Waals surface area contributed by atoms with Gasteiger partial charge in [-0.3, -0.25) is 9.59 Å². The normalized spacial score (nSPS) is 18.2. The standard InChI is InChI=1S/C31H42N2O3/c1-5-33(29(34)13-9-12-24-10-7-6-8-11-24)28-20-18-27(19-21-28)26-16-14-25(15-17-26)22-32-23-30(35)36-31(2,3)4/h6-12,14-17,27-28,32H,5,13,18-23H2,1-4H3. The van der Waals surface area contributed by atoms with Gasteiger partial charge in [0.15, 0.2) is 0 Å². The van der Waals surface area contributed by atoms with E-state index in [-0.39, 0.29) is 18.4 Å². The molecule has 0 bridgehead atoms. The lowest BCUT2D eigenvalue weighted by Gasteiger charge is -2.36. The second-order valence-corrected chi connectivity index (χ2v) is 10.6. The van der Waals surface area contributed by atoms with Crippen molar-refractivity contribution in [2.45, 2.75) is 83.9 Å². The van der Waals surface area contributed by atoms with E-state index < -0.39 is 5.60 Å². The van der Waals surface area contributed by atoms with Gasteiger partial charge in [0.1, 0.15) is 5.60 Å². The van der Waals surface area contributed by atoms with E-state index in [1.54, 1.807) is 0 Å². The van der Waals surface area contributed by atoms with Crippen LogP contribution in [0.25, 0.3) is 6.08 Å². The highest BCUT2D eigenvalue weighted by atomic mass is 16.6. The van der Waals surface area contributed by atoms with Crippen LogP contribution in [0.2, 0.25) is 0 Å². The van der Waals surface area contributed by atoms with E-state index in [1.807, 2.05) is 63.3 Å². The zero-order valence-electron chi connectivity index (χ0n) is 22.3. The smallest absolute Gasteiger partial charge is 0.320 e. The second-order valence-electron chi connectivity index (χ2n) is 10.6. The fraction of sp³-hybridized carbons (Fsp3) is 0.484. The Labute approximate surface area is 216 Å². The maximum Gasteiger partial charge on any atom is 0.320 e. The van der Waals surface area contributed by atoms with Crippen LogP contribution in [-0.4, -0.2) is 41.5 Å². The van der Waals surface area contributed by atoms with E-state index in [1.165, 1.54) is 5.56 Å². The number of nitrogens with one attached hydrogen (secondary N) is 1. The van der Waals surface area contributed by atoms with E-state index in [2.05, 4.69) is 41.4 Å². The summed E-state index contributed by atoms with van der Waals surface area (Å²) < 4.78 is 5.33. The van der Waals surface area contributed by atoms with Crippen LogP contribution >= 0.6 is 0 Å². The Bertz CT molecular complexity index is 985. The number of ether oxygens (including phenoxy) is 1. The molecule has 0 unspecified atom stereocenters. The summed E-state index contributed by atoms with van der Waals surface area (Å²) in [6, 6.07) is 19.2. The van der Waals surface area contributed by atoms with Crippen molar-refractivity contribution in [3.8, 4) is 0 Å². The van der Waals surface area contributed by atoms with Crippen LogP contribution in [0.4, 0.5) is 0 Å². The molecule has 194 valence electrons. The molecular formula is C31H42N2O3. The molecule has 0 aliphatic heterocycles. The quantitative estimate of drug-likeness (QED) is 0.409. The van der Waals surface area contributed by atoms with Crippen LogP contribution < -0.4 is 5.32 Å². The predicted molar refractivity (Wildman–Crippen MR) is 146 cm³/mol. The molecule has 2 aromatic carbocycles. The number of hydrogen-bond donors (Lipinski definition) is 1. The Morgan fingerprint density at radius 2 is 1.67 bits per heavy atom. The zero-order valence-corrected chi connectivity index (χ0v) is 22.3. The minimum atomic E-state index is -0.458. The molecule has 1 aliphatic carbocycles. The number of carbonyl (C=O) groups is 2. The van der Waals surface area contributed by atoms with E-state index >= 15 is 0 Å². The molecular weight excluding hydrogens is 448 g/mol. The Balaban J connectivity index is 1.43. The van der Waals surface area contributed by atoms with Crippen molar-refractivity contribution in [2.24, 2.45) is 0 Å². The van der Waals surface area contributed by atoms with E-state index in [4.69, 9.17) is 4.74 Å². The van der Waals surface area contributed by atoms with Crippen LogP contribution in [-0.2, 0) is 20.9 Å². The number of rotatable bonds is 10. The average Bonchev–Trinajstić information content (AvgIpc) is 2.85. The van der Waals surface area contributed by atoms with Gasteiger partial charge >= 0.3 is 5.97 Å². The molecule has 1 amide bonds. The summed E-state index contributed by atoms with van der Waals surface area (Å²) >= 11 is 0. The van der Waals surface area contributed by atoms with Gasteiger partial charge in [-0.2, -0.15) is 0 Å². The van der Waals surface area contributed by atoms with Crippen molar-refractivity contribution >= 4 is 18.0 Å². The zero-order chi connectivity index (χ0) is 26.0. The third-order valence-corrected chi connectivity index (χ3v) is 6.67. The Morgan fingerprint density at radius 1 is 1.00 bits per heavy atom. The van der Waals surface area contributed by atoms with Gasteiger partial charge in [-0.15, -0.1) is 0 Å². The van der Waals surface area contributed by atoms with Crippen LogP contribution in [0.15, 0.2) is 60.7 Å². The summed E-state index contributed by atoms with van der Waals surface area (Å²) in [5.41, 5.74) is 3.19. The van der Waals surface area contributed by atoms with Gasteiger partial charge in [-0.05, 0) is 76.0 Å². The minimum Gasteiger partial charge on any atom is -0.459 e. The Morgan fingerprint density at radius 3 is 2.28 bits per heavy atom. The summed E-state index contributed by atoms with van der Waals surface area (Å²) in [5.74, 6) is 0.524. The van der Waals surface area contributed by atoms with E-state index in [0.717, 1.165) is 43.4 Å². The van der Waals surface area contributed by atoms with Crippen molar-refractivity contribution in [1.82, 2.24) is 10.2 Å². The van der Waals surface area contributed by atoms with Gasteiger partial charge in [0.25, 0.3) is 0 Å². The first-order chi connectivity index (χ1) is 17.2. The molecule has 3 rings (SSSR count). The molecule has 1 saturated carbocycles. The van der Waals surface area contributed by atoms with Gasteiger partial charge in [0, 0.05) is 25.6 Å². The third kappa shape index (κ3) is 8.94. The molecule has 0 heterocycles. The average molecular weight is 491 g/mol. The number of benzene rings is 2. The summed E-state index contributed by atoms with van der Waals surface area (Å²) in [5, 5.41) is 3.17. The first kappa shape index (κ1) is 27.7. The Hall–Kier alpha value is -2.92. The fourth-order valence-electron chi connectivity index (χ4n) is 4.93. The number of hydrogen-bond acceptors (Lipinski definition) is 4. The first-order valence-electron chi connectivity index (χ1n) is 13.3. The molecule has 1 aliphatic rings. The van der Waals surface area contributed by atoms with Crippen LogP contribution in [0.1, 0.15) is 82.4 Å². The molecule has 36 heavy (non-hydrogen) atoms. The van der Waals surface area contributed by atoms with Crippen molar-refractivity contribution in [3.63, 3.8) is 0 Å². The van der Waals surface area contributed by atoms with Crippen LogP contribution in [0, 0.1) is 0 Å². The van der Waals surface area contributed by atoms with Crippen molar-refractivity contribution in [2.75, 3.05) is 13.1 Å². The highest BCUT2D eigenvalue weighted by Crippen LogP contribution is 2.35. The van der Waals surface area contributed by atoms with Crippen LogP contribution in [0.5, 0.6) is 0 Å². The van der Waals surface area contributed by atoms with Crippen molar-refractivity contribution in [1.29, 1.82) is 0 Å². The number of amides is 1. The summed E-state index contributed by atoms with van der Waals surface area (Å²) in [6.45, 7) is 9.31. The lowest BCUT2D eigenvalue weighted by atomic mass is 9.81. The third-order valence-electron chi connectivity index (χ3n) is 6.67. The SMILES string of the molecule is CCN(C(=O)CC=Cc1ccccc1)C1CCC(c2ccc(CNCC(=O)OC(C)(C)C)cc2)CC1. The van der Waals surface area contributed by atoms with Crippen molar-refractivity contribution in [3.05, 3.63) is 77.4 Å². The topological polar surface area (TPSA) is 58.6 Å². The highest BCUT2D eigenvalue weighted by Gasteiger charge is 2.28. The first-order valence-corrected chi connectivity index (χ1v) is 13.3. The molecule has 5 heteroatoms. The predicted octanol–water partition coefficient (Wildman–Crippen LogP) is 6.10. The largest absolute Gasteiger partial charge is 0.459 e. The molecule has 5 nitrogen and oxygen atoms in total. The number of esters is 1. The maximum atomic E-state index is 12.9. The molecule has 0 atom stereocenters. The van der Waals surface area contributed by atoms with Crippen molar-refractivity contribution < 1.29 is 14.3 Å². The van der Waals surface area contributed by atoms with Crippen LogP contribution in [0.3, 0.4) is 0 Å². The molecule has 0 radical (unpaired) electrons. The summed E-state index contributed by atoms with van der Waals surface area (Å²) in [6.07, 6.45) is 8.76. The maximum absolute atomic E-state index is 12.9. The molecule has 0 aromatic heterocycles. The number of nitrogens with zero attached hydrogens (tertiary/aromatic N) is 1. The minimum absolute atomic E-state index is 0.206. The Kier molecular flexibility index (Phi) is 10.3. The monoisotopic (exact) mass is 490 g/mol. The van der Waals surface area contributed by atoms with E-state index in [9.17, 15) is 9.59 Å². The number of carbonyl (C=O) groups excluding carboxylic acids is 2. The van der Waals surface area contributed by atoms with E-state index in [0.29, 0.717) is 24.9 Å². The lowest BCUT2D eigenvalue weighted by Crippen LogP contribution is -2.41. The summed E-state index contributed by atoms with van der Waals surface area (Å²) in [7, 11) is 0. The van der Waals surface area contributed by atoms with Gasteiger partial charge < -0.3 is 15.0 Å². The highest BCUT2D eigenvalue weighted by molar-refractivity contribution is 5.79. The van der Waals surface area contributed by atoms with Gasteiger partial charge in [-0.25, -0.2) is 0 Å². The molecule has 1 N–H and O–H groups in total. The lowest BCUT2D eigenvalue weighted by molar-refractivity contribution is -0.153.